The molecule has 0 bridgehead atoms. The lowest BCUT2D eigenvalue weighted by atomic mass is 9.78. The molecule has 0 radical (unpaired) electrons. The van der Waals surface area contributed by atoms with Gasteiger partial charge in [0, 0.05) is 37.2 Å². The van der Waals surface area contributed by atoms with Crippen LogP contribution >= 0.6 is 0 Å². The second kappa shape index (κ2) is 5.93. The molecule has 1 aliphatic heterocycles. The predicted molar refractivity (Wildman–Crippen MR) is 89.4 cm³/mol. The molecule has 0 aromatic carbocycles. The lowest BCUT2D eigenvalue weighted by Gasteiger charge is -2.31. The second-order valence-corrected chi connectivity index (χ2v) is 8.49. The van der Waals surface area contributed by atoms with Crippen LogP contribution < -0.4 is 5.32 Å². The number of hydrogen-bond donors (Lipinski definition) is 1. The third kappa shape index (κ3) is 3.60. The molecule has 1 saturated heterocycles. The molecule has 2 heterocycles. The molecule has 1 saturated carbocycles. The first-order valence-electron chi connectivity index (χ1n) is 8.77. The summed E-state index contributed by atoms with van der Waals surface area (Å²) in [7, 11) is 0. The smallest absolute Gasteiger partial charge is 0.273 e. The standard InChI is InChI=1S/C18H29N3O2/c1-11(2)21-9-13(18(3,4)5)15(10-21)19-17(22)14-8-16(23-20-14)12-6-7-12/h8,11-13,15H,6-7,9-10H2,1-5H3,(H,19,22)/t13-,15-/m1/s1. The Balaban J connectivity index is 1.69. The van der Waals surface area contributed by atoms with Gasteiger partial charge >= 0.3 is 0 Å². The van der Waals surface area contributed by atoms with Crippen molar-refractivity contribution < 1.29 is 9.32 Å². The molecule has 2 aliphatic rings. The minimum absolute atomic E-state index is 0.106. The van der Waals surface area contributed by atoms with Crippen LogP contribution in [0.4, 0.5) is 0 Å². The van der Waals surface area contributed by atoms with Crippen LogP contribution in [0.15, 0.2) is 10.6 Å². The van der Waals surface area contributed by atoms with Gasteiger partial charge in [0.2, 0.25) is 0 Å². The fraction of sp³-hybridized carbons (Fsp3) is 0.778. The highest BCUT2D eigenvalue weighted by Crippen LogP contribution is 2.40. The van der Waals surface area contributed by atoms with Crippen molar-refractivity contribution in [1.82, 2.24) is 15.4 Å². The van der Waals surface area contributed by atoms with E-state index in [-0.39, 0.29) is 17.4 Å². The van der Waals surface area contributed by atoms with Crippen LogP contribution in [0.2, 0.25) is 0 Å². The molecule has 1 N–H and O–H groups in total. The lowest BCUT2D eigenvalue weighted by Crippen LogP contribution is -2.44. The van der Waals surface area contributed by atoms with Gasteiger partial charge in [-0.25, -0.2) is 0 Å². The number of hydrogen-bond acceptors (Lipinski definition) is 4. The minimum Gasteiger partial charge on any atom is -0.360 e. The summed E-state index contributed by atoms with van der Waals surface area (Å²) in [5.41, 5.74) is 0.576. The van der Waals surface area contributed by atoms with E-state index in [0.29, 0.717) is 23.6 Å². The highest BCUT2D eigenvalue weighted by Gasteiger charge is 2.41. The van der Waals surface area contributed by atoms with Crippen LogP contribution in [-0.2, 0) is 0 Å². The van der Waals surface area contributed by atoms with E-state index in [1.165, 1.54) is 0 Å². The number of carbonyl (C=O) groups is 1. The van der Waals surface area contributed by atoms with Gasteiger partial charge in [-0.05, 0) is 38.0 Å². The summed E-state index contributed by atoms with van der Waals surface area (Å²) in [6.45, 7) is 13.1. The molecule has 1 aromatic rings. The maximum absolute atomic E-state index is 12.6. The van der Waals surface area contributed by atoms with E-state index < -0.39 is 0 Å². The average Bonchev–Trinajstić information content (AvgIpc) is 3.01. The first-order chi connectivity index (χ1) is 10.8. The van der Waals surface area contributed by atoms with Crippen LogP contribution in [0.1, 0.15) is 69.6 Å². The van der Waals surface area contributed by atoms with Gasteiger partial charge in [-0.3, -0.25) is 9.69 Å². The van der Waals surface area contributed by atoms with E-state index in [2.05, 4.69) is 50.0 Å². The summed E-state index contributed by atoms with van der Waals surface area (Å²) in [5, 5.41) is 7.17. The maximum atomic E-state index is 12.6. The van der Waals surface area contributed by atoms with Crippen LogP contribution in [0.25, 0.3) is 0 Å². The molecule has 5 nitrogen and oxygen atoms in total. The maximum Gasteiger partial charge on any atom is 0.273 e. The van der Waals surface area contributed by atoms with Crippen LogP contribution in [-0.4, -0.2) is 41.1 Å². The summed E-state index contributed by atoms with van der Waals surface area (Å²) in [6, 6.07) is 2.47. The molecule has 2 fully saturated rings. The van der Waals surface area contributed by atoms with E-state index in [4.69, 9.17) is 4.52 Å². The molecule has 0 unspecified atom stereocenters. The van der Waals surface area contributed by atoms with Crippen molar-refractivity contribution in [3.63, 3.8) is 0 Å². The van der Waals surface area contributed by atoms with E-state index >= 15 is 0 Å². The van der Waals surface area contributed by atoms with Crippen molar-refractivity contribution in [3.8, 4) is 0 Å². The van der Waals surface area contributed by atoms with Crippen molar-refractivity contribution in [2.75, 3.05) is 13.1 Å². The molecule has 0 spiro atoms. The monoisotopic (exact) mass is 319 g/mol. The molecule has 3 rings (SSSR count). The average molecular weight is 319 g/mol. The largest absolute Gasteiger partial charge is 0.360 e. The fourth-order valence-corrected chi connectivity index (χ4v) is 3.48. The summed E-state index contributed by atoms with van der Waals surface area (Å²) in [6.07, 6.45) is 2.29. The number of rotatable bonds is 4. The molecule has 1 aliphatic carbocycles. The number of aromatic nitrogens is 1. The first-order valence-corrected chi connectivity index (χ1v) is 8.77. The molecular formula is C18H29N3O2. The third-order valence-corrected chi connectivity index (χ3v) is 5.25. The molecular weight excluding hydrogens is 290 g/mol. The quantitative estimate of drug-likeness (QED) is 0.927. The molecule has 5 heteroatoms. The van der Waals surface area contributed by atoms with E-state index in [9.17, 15) is 4.79 Å². The van der Waals surface area contributed by atoms with Gasteiger partial charge in [-0.15, -0.1) is 0 Å². The van der Waals surface area contributed by atoms with Gasteiger partial charge in [-0.1, -0.05) is 25.9 Å². The SMILES string of the molecule is CC(C)N1C[C@@H](C(C)(C)C)[C@H](NC(=O)c2cc(C3CC3)on2)C1. The number of amides is 1. The number of carbonyl (C=O) groups excluding carboxylic acids is 1. The minimum atomic E-state index is -0.106. The Morgan fingerprint density at radius 3 is 2.61 bits per heavy atom. The Kier molecular flexibility index (Phi) is 4.25. The fourth-order valence-electron chi connectivity index (χ4n) is 3.48. The first kappa shape index (κ1) is 16.5. The van der Waals surface area contributed by atoms with Gasteiger partial charge in [-0.2, -0.15) is 0 Å². The van der Waals surface area contributed by atoms with Gasteiger partial charge < -0.3 is 9.84 Å². The van der Waals surface area contributed by atoms with Gasteiger partial charge in [0.05, 0.1) is 0 Å². The van der Waals surface area contributed by atoms with Crippen LogP contribution in [0.3, 0.4) is 0 Å². The van der Waals surface area contributed by atoms with Crippen LogP contribution in [0.5, 0.6) is 0 Å². The van der Waals surface area contributed by atoms with Crippen molar-refractivity contribution >= 4 is 5.91 Å². The predicted octanol–water partition coefficient (Wildman–Crippen LogP) is 3.04. The van der Waals surface area contributed by atoms with E-state index in [0.717, 1.165) is 31.7 Å². The Morgan fingerprint density at radius 2 is 2.04 bits per heavy atom. The lowest BCUT2D eigenvalue weighted by molar-refractivity contribution is 0.0903. The highest BCUT2D eigenvalue weighted by atomic mass is 16.5. The highest BCUT2D eigenvalue weighted by molar-refractivity contribution is 5.92. The van der Waals surface area contributed by atoms with E-state index in [1.807, 2.05) is 6.07 Å². The zero-order valence-electron chi connectivity index (χ0n) is 14.9. The zero-order valence-corrected chi connectivity index (χ0v) is 14.9. The summed E-state index contributed by atoms with van der Waals surface area (Å²) >= 11 is 0. The Bertz CT molecular complexity index is 569. The molecule has 23 heavy (non-hydrogen) atoms. The zero-order chi connectivity index (χ0) is 16.8. The molecule has 1 amide bonds. The van der Waals surface area contributed by atoms with Crippen molar-refractivity contribution in [2.45, 2.75) is 65.5 Å². The number of nitrogens with zero attached hydrogens (tertiary/aromatic N) is 2. The summed E-state index contributed by atoms with van der Waals surface area (Å²) < 4.78 is 5.31. The second-order valence-electron chi connectivity index (χ2n) is 8.49. The van der Waals surface area contributed by atoms with Crippen molar-refractivity contribution in [2.24, 2.45) is 11.3 Å². The van der Waals surface area contributed by atoms with Crippen LogP contribution in [0, 0.1) is 11.3 Å². The van der Waals surface area contributed by atoms with Crippen molar-refractivity contribution in [1.29, 1.82) is 0 Å². The Labute approximate surface area is 138 Å². The normalized spacial score (nSPS) is 26.0. The third-order valence-electron chi connectivity index (χ3n) is 5.25. The molecule has 1 aromatic heterocycles. The number of likely N-dealkylation sites (tertiary alicyclic amines) is 1. The summed E-state index contributed by atoms with van der Waals surface area (Å²) in [4.78, 5) is 15.0. The van der Waals surface area contributed by atoms with Gasteiger partial charge in [0.1, 0.15) is 5.76 Å². The Morgan fingerprint density at radius 1 is 1.35 bits per heavy atom. The van der Waals surface area contributed by atoms with Gasteiger partial charge in [0.15, 0.2) is 5.69 Å². The molecule has 2 atom stereocenters. The topological polar surface area (TPSA) is 58.4 Å². The van der Waals surface area contributed by atoms with E-state index in [1.54, 1.807) is 0 Å². The van der Waals surface area contributed by atoms with Gasteiger partial charge in [0.25, 0.3) is 5.91 Å². The Hall–Kier alpha value is -1.36. The number of nitrogens with one attached hydrogen (secondary N) is 1. The molecule has 128 valence electrons. The van der Waals surface area contributed by atoms with Crippen molar-refractivity contribution in [3.05, 3.63) is 17.5 Å². The summed E-state index contributed by atoms with van der Waals surface area (Å²) in [5.74, 6) is 1.67.